The van der Waals surface area contributed by atoms with E-state index in [0.29, 0.717) is 40.0 Å². The first-order valence-corrected chi connectivity index (χ1v) is 15.5. The molecule has 1 aliphatic rings. The number of aromatic carboxylic acids is 1. The van der Waals surface area contributed by atoms with Crippen LogP contribution in [0, 0.1) is 29.4 Å². The Labute approximate surface area is 251 Å². The van der Waals surface area contributed by atoms with Gasteiger partial charge in [0.05, 0.1) is 29.5 Å². The van der Waals surface area contributed by atoms with E-state index in [-0.39, 0.29) is 22.6 Å². The summed E-state index contributed by atoms with van der Waals surface area (Å²) in [4.78, 5) is 19.9. The second kappa shape index (κ2) is 11.6. The lowest BCUT2D eigenvalue weighted by molar-refractivity contribution is 0.0691. The Kier molecular flexibility index (Phi) is 7.74. The molecule has 0 amide bonds. The van der Waals surface area contributed by atoms with Gasteiger partial charge in [0.1, 0.15) is 11.5 Å². The Morgan fingerprint density at radius 2 is 2.00 bits per heavy atom. The number of thiol groups is 1. The summed E-state index contributed by atoms with van der Waals surface area (Å²) in [6.07, 6.45) is 6.16. The number of carboxylic acids is 1. The van der Waals surface area contributed by atoms with Gasteiger partial charge in [-0.15, -0.1) is 16.5 Å². The molecule has 1 aliphatic carbocycles. The van der Waals surface area contributed by atoms with Gasteiger partial charge in [-0.05, 0) is 67.0 Å². The van der Waals surface area contributed by atoms with Crippen molar-refractivity contribution in [2.45, 2.75) is 30.6 Å². The molecule has 1 unspecified atom stereocenters. The normalized spacial score (nSPS) is 13.5. The minimum atomic E-state index is -2.35. The Morgan fingerprint density at radius 1 is 1.19 bits per heavy atom. The maximum atomic E-state index is 14.9. The number of hydrogen-bond acceptors (Lipinski definition) is 6. The molecule has 0 bridgehead atoms. The molecule has 2 aromatic carbocycles. The van der Waals surface area contributed by atoms with Crippen molar-refractivity contribution in [3.05, 3.63) is 99.7 Å². The zero-order valence-corrected chi connectivity index (χ0v) is 24.5. The largest absolute Gasteiger partial charge is 0.476 e. The summed E-state index contributed by atoms with van der Waals surface area (Å²) in [5, 5.41) is 21.6. The van der Waals surface area contributed by atoms with Crippen LogP contribution in [-0.2, 0) is 35.1 Å². The SMILES string of the molecule is Cn1cncc1C#Cc1cc(-c2nn(-c3nc(C(=O)O)cs3)c(CC3CC3)c2Cc2ccc([SH+](N)=O)c(F)c2)ccc1F. The van der Waals surface area contributed by atoms with Crippen molar-refractivity contribution in [2.24, 2.45) is 18.1 Å². The molecule has 3 N–H and O–H groups in total. The van der Waals surface area contributed by atoms with Crippen molar-refractivity contribution in [3.8, 4) is 28.2 Å². The zero-order valence-electron chi connectivity index (χ0n) is 22.8. The standard InChI is InChI=1S/C30H24F2N6O3S2/c1-37-16-34-14-21(37)7-5-19-13-20(6-8-23(19)31)28-22(10-18-4-9-27(43(33)41)24(32)11-18)26(12-17-2-3-17)38(36-28)30-35-25(15-42-30)29(39)40/h4,6,8-9,11,13-17H,2-3,10,12H2,1H3,(H2,33,41)(H,39,40)/p+1. The number of nitrogens with two attached hydrogens (primary N) is 1. The number of aromatic nitrogens is 5. The van der Waals surface area contributed by atoms with Crippen molar-refractivity contribution >= 4 is 28.3 Å². The third-order valence-corrected chi connectivity index (χ3v) is 8.83. The van der Waals surface area contributed by atoms with E-state index in [2.05, 4.69) is 21.8 Å². The Bertz CT molecular complexity index is 1970. The first kappa shape index (κ1) is 28.6. The minimum Gasteiger partial charge on any atom is -0.476 e. The van der Waals surface area contributed by atoms with E-state index >= 15 is 0 Å². The average Bonchev–Trinajstić information content (AvgIpc) is 3.32. The molecule has 0 aliphatic heterocycles. The third kappa shape index (κ3) is 6.03. The molecular weight excluding hydrogens is 594 g/mol. The highest BCUT2D eigenvalue weighted by Gasteiger charge is 2.29. The highest BCUT2D eigenvalue weighted by atomic mass is 32.2. The van der Waals surface area contributed by atoms with Gasteiger partial charge in [-0.2, -0.15) is 5.10 Å². The van der Waals surface area contributed by atoms with Crippen LogP contribution in [0.25, 0.3) is 16.4 Å². The van der Waals surface area contributed by atoms with Crippen molar-refractivity contribution in [1.82, 2.24) is 24.3 Å². The smallest absolute Gasteiger partial charge is 0.355 e. The predicted octanol–water partition coefficient (Wildman–Crippen LogP) is 4.58. The fourth-order valence-electron chi connectivity index (χ4n) is 4.75. The lowest BCUT2D eigenvalue weighted by Crippen LogP contribution is -2.07. The van der Waals surface area contributed by atoms with Crippen LogP contribution in [0.1, 0.15) is 51.4 Å². The topological polar surface area (TPSA) is 129 Å². The molecule has 3 heterocycles. The van der Waals surface area contributed by atoms with Crippen LogP contribution in [0.5, 0.6) is 0 Å². The van der Waals surface area contributed by atoms with Crippen molar-refractivity contribution in [2.75, 3.05) is 0 Å². The quantitative estimate of drug-likeness (QED) is 0.149. The molecule has 218 valence electrons. The molecule has 0 spiro atoms. The summed E-state index contributed by atoms with van der Waals surface area (Å²) in [5.41, 5.74) is 3.94. The van der Waals surface area contributed by atoms with Gasteiger partial charge in [-0.1, -0.05) is 16.2 Å². The van der Waals surface area contributed by atoms with Gasteiger partial charge in [-0.3, -0.25) is 0 Å². The summed E-state index contributed by atoms with van der Waals surface area (Å²) in [7, 11) is -0.555. The Hall–Kier alpha value is -4.51. The summed E-state index contributed by atoms with van der Waals surface area (Å²) in [6, 6.07) is 8.93. The molecule has 6 rings (SSSR count). The van der Waals surface area contributed by atoms with E-state index < -0.39 is 28.6 Å². The lowest BCUT2D eigenvalue weighted by atomic mass is 9.96. The number of halogens is 2. The lowest BCUT2D eigenvalue weighted by Gasteiger charge is -2.09. The Balaban J connectivity index is 1.51. The van der Waals surface area contributed by atoms with E-state index in [1.165, 1.54) is 23.6 Å². The molecule has 9 nitrogen and oxygen atoms in total. The fourth-order valence-corrected chi connectivity index (χ4v) is 6.02. The van der Waals surface area contributed by atoms with Crippen LogP contribution >= 0.6 is 11.3 Å². The van der Waals surface area contributed by atoms with Gasteiger partial charge in [0.15, 0.2) is 22.5 Å². The van der Waals surface area contributed by atoms with Crippen LogP contribution in [0.2, 0.25) is 0 Å². The number of hydrogen-bond donors (Lipinski definition) is 2. The van der Waals surface area contributed by atoms with E-state index in [1.807, 2.05) is 0 Å². The molecular formula is C30H25F2N6O3S2+. The van der Waals surface area contributed by atoms with Crippen molar-refractivity contribution < 1.29 is 22.9 Å². The third-order valence-electron chi connectivity index (χ3n) is 7.17. The molecule has 0 radical (unpaired) electrons. The van der Waals surface area contributed by atoms with E-state index in [1.54, 1.807) is 47.0 Å². The second-order valence-electron chi connectivity index (χ2n) is 10.3. The second-order valence-corrected chi connectivity index (χ2v) is 12.2. The first-order chi connectivity index (χ1) is 20.7. The monoisotopic (exact) mass is 619 g/mol. The first-order valence-electron chi connectivity index (χ1n) is 13.3. The van der Waals surface area contributed by atoms with Gasteiger partial charge in [0, 0.05) is 30.0 Å². The van der Waals surface area contributed by atoms with E-state index in [0.717, 1.165) is 35.4 Å². The summed E-state index contributed by atoms with van der Waals surface area (Å²) in [6.45, 7) is 0. The molecule has 0 saturated heterocycles. The molecule has 3 aromatic heterocycles. The zero-order chi connectivity index (χ0) is 30.2. The maximum Gasteiger partial charge on any atom is 0.355 e. The molecule has 13 heteroatoms. The van der Waals surface area contributed by atoms with Gasteiger partial charge in [0.25, 0.3) is 0 Å². The van der Waals surface area contributed by atoms with Crippen LogP contribution in [0.3, 0.4) is 0 Å². The van der Waals surface area contributed by atoms with Crippen molar-refractivity contribution in [1.29, 1.82) is 0 Å². The maximum absolute atomic E-state index is 14.9. The molecule has 1 fully saturated rings. The number of aryl methyl sites for hydroxylation is 1. The number of thiazole rings is 1. The van der Waals surface area contributed by atoms with Crippen molar-refractivity contribution in [3.63, 3.8) is 0 Å². The highest BCUT2D eigenvalue weighted by Crippen LogP contribution is 2.38. The van der Waals surface area contributed by atoms with E-state index in [9.17, 15) is 22.9 Å². The van der Waals surface area contributed by atoms with Crippen LogP contribution in [0.4, 0.5) is 8.78 Å². The van der Waals surface area contributed by atoms with Gasteiger partial charge >= 0.3 is 5.97 Å². The number of benzene rings is 2. The number of nitrogens with zero attached hydrogens (tertiary/aromatic N) is 5. The van der Waals surface area contributed by atoms with Gasteiger partial charge in [0.2, 0.25) is 10.0 Å². The average molecular weight is 620 g/mol. The number of carboxylic acid groups (broad SMARTS) is 1. The van der Waals surface area contributed by atoms with Crippen LogP contribution < -0.4 is 5.14 Å². The minimum absolute atomic E-state index is 0.0629. The molecule has 1 saturated carbocycles. The van der Waals surface area contributed by atoms with Crippen LogP contribution in [0.15, 0.2) is 59.2 Å². The molecule has 43 heavy (non-hydrogen) atoms. The summed E-state index contributed by atoms with van der Waals surface area (Å²) < 4.78 is 44.9. The predicted molar refractivity (Wildman–Crippen MR) is 158 cm³/mol. The Morgan fingerprint density at radius 3 is 2.65 bits per heavy atom. The number of rotatable bonds is 8. The fraction of sp³-hybridized carbons (Fsp3) is 0.200. The van der Waals surface area contributed by atoms with Gasteiger partial charge in [-0.25, -0.2) is 28.2 Å². The molecule has 5 aromatic rings. The van der Waals surface area contributed by atoms with Crippen LogP contribution in [-0.4, -0.2) is 35.4 Å². The number of carbonyl (C=O) groups is 1. The highest BCUT2D eigenvalue weighted by molar-refractivity contribution is 7.82. The summed E-state index contributed by atoms with van der Waals surface area (Å²) >= 11 is 1.15. The van der Waals surface area contributed by atoms with Gasteiger partial charge < -0.3 is 9.67 Å². The van der Waals surface area contributed by atoms with E-state index in [4.69, 9.17) is 10.2 Å². The molecule has 1 atom stereocenters. The summed E-state index contributed by atoms with van der Waals surface area (Å²) in [5.74, 6) is 3.92. The number of imidazole rings is 1.